The first-order chi connectivity index (χ1) is 14.0. The summed E-state index contributed by atoms with van der Waals surface area (Å²) in [6.07, 6.45) is 1.11. The van der Waals surface area contributed by atoms with Gasteiger partial charge < -0.3 is 15.5 Å². The van der Waals surface area contributed by atoms with Gasteiger partial charge in [-0.15, -0.1) is 24.0 Å². The number of aromatic nitrogens is 1. The summed E-state index contributed by atoms with van der Waals surface area (Å²) in [6.45, 7) is 2.86. The van der Waals surface area contributed by atoms with Crippen molar-refractivity contribution in [2.75, 3.05) is 25.0 Å². The number of piperidine rings is 1. The molecule has 9 heteroatoms. The van der Waals surface area contributed by atoms with Gasteiger partial charge in [0.15, 0.2) is 5.96 Å². The molecule has 2 N–H and O–H groups in total. The van der Waals surface area contributed by atoms with E-state index in [1.807, 2.05) is 6.07 Å². The van der Waals surface area contributed by atoms with Crippen LogP contribution < -0.4 is 15.5 Å². The van der Waals surface area contributed by atoms with Gasteiger partial charge in [0.2, 0.25) is 0 Å². The van der Waals surface area contributed by atoms with Crippen molar-refractivity contribution in [3.8, 4) is 0 Å². The predicted octanol–water partition coefficient (Wildman–Crippen LogP) is 4.57. The fourth-order valence-electron chi connectivity index (χ4n) is 3.32. The first-order valence-electron chi connectivity index (χ1n) is 9.76. The van der Waals surface area contributed by atoms with Gasteiger partial charge in [-0.25, -0.2) is 4.98 Å². The Morgan fingerprint density at radius 3 is 2.33 bits per heavy atom. The van der Waals surface area contributed by atoms with Crippen LogP contribution in [0.5, 0.6) is 0 Å². The van der Waals surface area contributed by atoms with Crippen LogP contribution in [0.15, 0.2) is 47.6 Å². The lowest BCUT2D eigenvalue weighted by molar-refractivity contribution is -0.137. The van der Waals surface area contributed by atoms with Crippen molar-refractivity contribution in [3.05, 3.63) is 59.3 Å². The molecule has 2 heterocycles. The summed E-state index contributed by atoms with van der Waals surface area (Å²) in [5, 5.41) is 6.26. The number of alkyl halides is 3. The number of guanidine groups is 1. The molecule has 1 aromatic heterocycles. The number of pyridine rings is 1. The minimum atomic E-state index is -4.34. The maximum Gasteiger partial charge on any atom is 0.416 e. The van der Waals surface area contributed by atoms with E-state index in [0.717, 1.165) is 36.6 Å². The lowest BCUT2D eigenvalue weighted by atomic mass is 10.1. The molecule has 0 radical (unpaired) electrons. The van der Waals surface area contributed by atoms with Crippen LogP contribution in [0.3, 0.4) is 0 Å². The number of rotatable bonds is 5. The minimum absolute atomic E-state index is 0. The smallest absolute Gasteiger partial charge is 0.357 e. The Balaban J connectivity index is 0.00000320. The van der Waals surface area contributed by atoms with Crippen molar-refractivity contribution in [1.29, 1.82) is 0 Å². The highest BCUT2D eigenvalue weighted by Crippen LogP contribution is 2.29. The van der Waals surface area contributed by atoms with Crippen LogP contribution >= 0.6 is 24.0 Å². The Hall–Kier alpha value is -2.04. The molecule has 0 spiro atoms. The molecule has 164 valence electrons. The van der Waals surface area contributed by atoms with Gasteiger partial charge in [0, 0.05) is 39.4 Å². The average Bonchev–Trinajstić information content (AvgIpc) is 2.74. The summed E-state index contributed by atoms with van der Waals surface area (Å²) in [5.74, 6) is 1.51. The summed E-state index contributed by atoms with van der Waals surface area (Å²) in [4.78, 5) is 10.9. The number of nitrogens with one attached hydrogen (secondary N) is 2. The molecule has 0 unspecified atom stereocenters. The first kappa shape index (κ1) is 24.2. The van der Waals surface area contributed by atoms with Crippen LogP contribution in [0, 0.1) is 0 Å². The van der Waals surface area contributed by atoms with Crippen LogP contribution in [0.1, 0.15) is 36.0 Å². The quantitative estimate of drug-likeness (QED) is 0.336. The van der Waals surface area contributed by atoms with Gasteiger partial charge in [0.05, 0.1) is 5.56 Å². The summed E-state index contributed by atoms with van der Waals surface area (Å²) in [5.41, 5.74) is 0.962. The molecule has 0 bridgehead atoms. The second-order valence-corrected chi connectivity index (χ2v) is 7.05. The maximum absolute atomic E-state index is 12.8. The van der Waals surface area contributed by atoms with Gasteiger partial charge >= 0.3 is 6.18 Å². The van der Waals surface area contributed by atoms with Crippen LogP contribution in [0.25, 0.3) is 0 Å². The SMILES string of the molecule is CN=C(NCc1cccc(C(F)(F)F)c1)NCc1ccnc(N2CCCCC2)c1.I. The van der Waals surface area contributed by atoms with E-state index in [0.29, 0.717) is 18.1 Å². The largest absolute Gasteiger partial charge is 0.416 e. The topological polar surface area (TPSA) is 52.6 Å². The highest BCUT2D eigenvalue weighted by molar-refractivity contribution is 14.0. The van der Waals surface area contributed by atoms with Crippen molar-refractivity contribution >= 4 is 35.8 Å². The minimum Gasteiger partial charge on any atom is -0.357 e. The lowest BCUT2D eigenvalue weighted by Crippen LogP contribution is -2.36. The van der Waals surface area contributed by atoms with Gasteiger partial charge in [-0.3, -0.25) is 4.99 Å². The maximum atomic E-state index is 12.8. The second-order valence-electron chi connectivity index (χ2n) is 7.05. The zero-order chi connectivity index (χ0) is 20.7. The zero-order valence-corrected chi connectivity index (χ0v) is 19.2. The molecular weight excluding hydrogens is 506 g/mol. The number of benzene rings is 1. The Morgan fingerprint density at radius 1 is 1.03 bits per heavy atom. The Labute approximate surface area is 192 Å². The molecule has 30 heavy (non-hydrogen) atoms. The van der Waals surface area contributed by atoms with Crippen LogP contribution in [-0.2, 0) is 19.3 Å². The van der Waals surface area contributed by atoms with E-state index in [-0.39, 0.29) is 30.5 Å². The third-order valence-electron chi connectivity index (χ3n) is 4.89. The van der Waals surface area contributed by atoms with Gasteiger partial charge in [-0.05, 0) is 54.7 Å². The Morgan fingerprint density at radius 2 is 1.70 bits per heavy atom. The predicted molar refractivity (Wildman–Crippen MR) is 124 cm³/mol. The lowest BCUT2D eigenvalue weighted by Gasteiger charge is -2.28. The number of anilines is 1. The Kier molecular flexibility index (Phi) is 9.19. The number of aliphatic imine (C=N–C) groups is 1. The molecule has 1 fully saturated rings. The summed E-state index contributed by atoms with van der Waals surface area (Å²) >= 11 is 0. The standard InChI is InChI=1S/C21H26F3N5.HI/c1-25-20(27-14-16-6-5-7-18(12-16)21(22,23)24)28-15-17-8-9-26-19(13-17)29-10-3-2-4-11-29;/h5-9,12-13H,2-4,10-11,14-15H2,1H3,(H2,25,27,28);1H. The van der Waals surface area contributed by atoms with Crippen LogP contribution in [-0.4, -0.2) is 31.1 Å². The summed E-state index contributed by atoms with van der Waals surface area (Å²) < 4.78 is 38.5. The molecule has 0 aliphatic carbocycles. The molecule has 1 aliphatic rings. The highest BCUT2D eigenvalue weighted by atomic mass is 127. The Bertz CT molecular complexity index is 835. The number of nitrogens with zero attached hydrogens (tertiary/aromatic N) is 3. The molecule has 1 saturated heterocycles. The van der Waals surface area contributed by atoms with E-state index in [4.69, 9.17) is 0 Å². The molecule has 0 saturated carbocycles. The van der Waals surface area contributed by atoms with E-state index in [9.17, 15) is 13.2 Å². The molecule has 1 aromatic carbocycles. The van der Waals surface area contributed by atoms with Gasteiger partial charge in [0.1, 0.15) is 5.82 Å². The van der Waals surface area contributed by atoms with E-state index in [2.05, 4.69) is 31.6 Å². The van der Waals surface area contributed by atoms with Crippen LogP contribution in [0.4, 0.5) is 19.0 Å². The number of hydrogen-bond donors (Lipinski definition) is 2. The number of hydrogen-bond acceptors (Lipinski definition) is 3. The zero-order valence-electron chi connectivity index (χ0n) is 16.9. The van der Waals surface area contributed by atoms with Crippen molar-refractivity contribution in [2.45, 2.75) is 38.5 Å². The van der Waals surface area contributed by atoms with Crippen molar-refractivity contribution < 1.29 is 13.2 Å². The molecule has 0 atom stereocenters. The van der Waals surface area contributed by atoms with Crippen LogP contribution in [0.2, 0.25) is 0 Å². The molecule has 5 nitrogen and oxygen atoms in total. The van der Waals surface area contributed by atoms with Crippen molar-refractivity contribution in [1.82, 2.24) is 15.6 Å². The van der Waals surface area contributed by atoms with E-state index < -0.39 is 11.7 Å². The fourth-order valence-corrected chi connectivity index (χ4v) is 3.32. The normalized spacial score (nSPS) is 14.8. The third-order valence-corrected chi connectivity index (χ3v) is 4.89. The molecule has 1 aliphatic heterocycles. The van der Waals surface area contributed by atoms with E-state index in [1.54, 1.807) is 19.3 Å². The van der Waals surface area contributed by atoms with E-state index in [1.165, 1.54) is 25.3 Å². The van der Waals surface area contributed by atoms with Crippen molar-refractivity contribution in [2.24, 2.45) is 4.99 Å². The average molecular weight is 533 g/mol. The first-order valence-corrected chi connectivity index (χ1v) is 9.76. The van der Waals surface area contributed by atoms with Gasteiger partial charge in [-0.2, -0.15) is 13.2 Å². The molecule has 0 amide bonds. The highest BCUT2D eigenvalue weighted by Gasteiger charge is 2.30. The van der Waals surface area contributed by atoms with E-state index >= 15 is 0 Å². The monoisotopic (exact) mass is 533 g/mol. The molecule has 2 aromatic rings. The van der Waals surface area contributed by atoms with Gasteiger partial charge in [0.25, 0.3) is 0 Å². The number of halogens is 4. The summed E-state index contributed by atoms with van der Waals surface area (Å²) in [6, 6.07) is 9.30. The molecular formula is C21H27F3IN5. The van der Waals surface area contributed by atoms with Gasteiger partial charge in [-0.1, -0.05) is 12.1 Å². The fraction of sp³-hybridized carbons (Fsp3) is 0.429. The molecule has 3 rings (SSSR count). The van der Waals surface area contributed by atoms with Crippen molar-refractivity contribution in [3.63, 3.8) is 0 Å². The summed E-state index contributed by atoms with van der Waals surface area (Å²) in [7, 11) is 1.63. The second kappa shape index (κ2) is 11.4. The third kappa shape index (κ3) is 7.03.